The second-order valence-electron chi connectivity index (χ2n) is 5.56. The summed E-state index contributed by atoms with van der Waals surface area (Å²) in [6.07, 6.45) is 2.54. The van der Waals surface area contributed by atoms with Crippen molar-refractivity contribution in [2.24, 2.45) is 0 Å². The average molecular weight is 317 g/mol. The van der Waals surface area contributed by atoms with Gasteiger partial charge < -0.3 is 20.5 Å². The lowest BCUT2D eigenvalue weighted by molar-refractivity contribution is 0.0378. The zero-order chi connectivity index (χ0) is 16.1. The van der Waals surface area contributed by atoms with Gasteiger partial charge in [0.25, 0.3) is 0 Å². The molecule has 0 atom stereocenters. The molecule has 1 aromatic heterocycles. The number of aromatic nitrogens is 2. The standard InChI is InChI=1S/C16H23N5O2/c1-22-15-9-12-13(19-11-20-16(12)17)10-14(15)18-3-2-4-21-5-7-23-8-6-21/h9-11,18H,2-8H2,1H3,(H2,17,19,20). The lowest BCUT2D eigenvalue weighted by Crippen LogP contribution is -2.37. The number of methoxy groups -OCH3 is 1. The molecule has 0 radical (unpaired) electrons. The Bertz CT molecular complexity index is 658. The number of benzene rings is 1. The predicted octanol–water partition coefficient (Wildman–Crippen LogP) is 1.35. The van der Waals surface area contributed by atoms with Crippen LogP contribution in [0, 0.1) is 0 Å². The Balaban J connectivity index is 1.62. The number of anilines is 2. The minimum absolute atomic E-state index is 0.465. The molecule has 3 rings (SSSR count). The lowest BCUT2D eigenvalue weighted by atomic mass is 10.2. The monoisotopic (exact) mass is 317 g/mol. The Morgan fingerprint density at radius 3 is 2.91 bits per heavy atom. The molecular weight excluding hydrogens is 294 g/mol. The van der Waals surface area contributed by atoms with Gasteiger partial charge in [0, 0.05) is 25.0 Å². The molecule has 7 heteroatoms. The third-order valence-electron chi connectivity index (χ3n) is 4.06. The van der Waals surface area contributed by atoms with E-state index in [0.29, 0.717) is 5.82 Å². The number of nitrogens with zero attached hydrogens (tertiary/aromatic N) is 3. The summed E-state index contributed by atoms with van der Waals surface area (Å²) in [7, 11) is 1.65. The Morgan fingerprint density at radius 2 is 2.13 bits per heavy atom. The molecule has 23 heavy (non-hydrogen) atoms. The van der Waals surface area contributed by atoms with Crippen molar-refractivity contribution < 1.29 is 9.47 Å². The SMILES string of the molecule is COc1cc2c(N)ncnc2cc1NCCCN1CCOCC1. The van der Waals surface area contributed by atoms with Gasteiger partial charge in [-0.2, -0.15) is 0 Å². The number of nitrogens with two attached hydrogens (primary N) is 1. The quantitative estimate of drug-likeness (QED) is 0.778. The Morgan fingerprint density at radius 1 is 1.30 bits per heavy atom. The van der Waals surface area contributed by atoms with Crippen molar-refractivity contribution in [2.75, 3.05) is 57.6 Å². The minimum atomic E-state index is 0.465. The number of nitrogens with one attached hydrogen (secondary N) is 1. The number of nitrogen functional groups attached to an aromatic ring is 1. The van der Waals surface area contributed by atoms with Crippen LogP contribution in [0.15, 0.2) is 18.5 Å². The van der Waals surface area contributed by atoms with Crippen LogP contribution in [0.5, 0.6) is 5.75 Å². The second kappa shape index (κ2) is 7.43. The molecule has 1 saturated heterocycles. The van der Waals surface area contributed by atoms with E-state index in [9.17, 15) is 0 Å². The molecule has 0 amide bonds. The van der Waals surface area contributed by atoms with Crippen molar-refractivity contribution in [3.63, 3.8) is 0 Å². The molecular formula is C16H23N5O2. The summed E-state index contributed by atoms with van der Waals surface area (Å²) < 4.78 is 10.8. The average Bonchev–Trinajstić information content (AvgIpc) is 2.59. The molecule has 2 aromatic rings. The molecule has 0 saturated carbocycles. The van der Waals surface area contributed by atoms with E-state index in [4.69, 9.17) is 15.2 Å². The van der Waals surface area contributed by atoms with E-state index in [2.05, 4.69) is 20.2 Å². The summed E-state index contributed by atoms with van der Waals surface area (Å²) in [6, 6.07) is 3.84. The second-order valence-corrected chi connectivity index (χ2v) is 5.56. The molecule has 0 aliphatic carbocycles. The van der Waals surface area contributed by atoms with Crippen LogP contribution in [-0.2, 0) is 4.74 Å². The highest BCUT2D eigenvalue weighted by Crippen LogP contribution is 2.31. The van der Waals surface area contributed by atoms with Gasteiger partial charge in [-0.15, -0.1) is 0 Å². The van der Waals surface area contributed by atoms with Gasteiger partial charge in [0.2, 0.25) is 0 Å². The minimum Gasteiger partial charge on any atom is -0.495 e. The molecule has 0 spiro atoms. The van der Waals surface area contributed by atoms with E-state index in [1.165, 1.54) is 6.33 Å². The molecule has 124 valence electrons. The number of fused-ring (bicyclic) bond motifs is 1. The maximum atomic E-state index is 5.89. The van der Waals surface area contributed by atoms with E-state index < -0.39 is 0 Å². The summed E-state index contributed by atoms with van der Waals surface area (Å²) >= 11 is 0. The zero-order valence-electron chi connectivity index (χ0n) is 13.4. The van der Waals surface area contributed by atoms with Crippen LogP contribution < -0.4 is 15.8 Å². The van der Waals surface area contributed by atoms with Gasteiger partial charge in [-0.05, 0) is 25.1 Å². The number of morpholine rings is 1. The fourth-order valence-corrected chi connectivity index (χ4v) is 2.76. The maximum Gasteiger partial charge on any atom is 0.142 e. The van der Waals surface area contributed by atoms with Gasteiger partial charge in [-0.25, -0.2) is 9.97 Å². The first kappa shape index (κ1) is 15.8. The first-order valence-corrected chi connectivity index (χ1v) is 7.90. The summed E-state index contributed by atoms with van der Waals surface area (Å²) in [5, 5.41) is 4.24. The van der Waals surface area contributed by atoms with E-state index in [1.807, 2.05) is 12.1 Å². The highest BCUT2D eigenvalue weighted by atomic mass is 16.5. The molecule has 0 bridgehead atoms. The summed E-state index contributed by atoms with van der Waals surface area (Å²) in [5.41, 5.74) is 7.64. The lowest BCUT2D eigenvalue weighted by Gasteiger charge is -2.26. The predicted molar refractivity (Wildman–Crippen MR) is 90.9 cm³/mol. The van der Waals surface area contributed by atoms with Gasteiger partial charge in [-0.3, -0.25) is 4.90 Å². The van der Waals surface area contributed by atoms with Crippen molar-refractivity contribution in [1.29, 1.82) is 0 Å². The van der Waals surface area contributed by atoms with Crippen LogP contribution >= 0.6 is 0 Å². The van der Waals surface area contributed by atoms with E-state index in [1.54, 1.807) is 7.11 Å². The molecule has 3 N–H and O–H groups in total. The highest BCUT2D eigenvalue weighted by molar-refractivity contribution is 5.92. The smallest absolute Gasteiger partial charge is 0.142 e. The van der Waals surface area contributed by atoms with Gasteiger partial charge >= 0.3 is 0 Å². The topological polar surface area (TPSA) is 85.5 Å². The number of hydrogen-bond acceptors (Lipinski definition) is 7. The van der Waals surface area contributed by atoms with Crippen LogP contribution in [0.25, 0.3) is 10.9 Å². The molecule has 0 unspecified atom stereocenters. The van der Waals surface area contributed by atoms with Gasteiger partial charge in [-0.1, -0.05) is 0 Å². The zero-order valence-corrected chi connectivity index (χ0v) is 13.4. The van der Waals surface area contributed by atoms with Gasteiger partial charge in [0.15, 0.2) is 0 Å². The van der Waals surface area contributed by atoms with Crippen molar-refractivity contribution in [3.05, 3.63) is 18.5 Å². The third kappa shape index (κ3) is 3.80. The van der Waals surface area contributed by atoms with E-state index in [0.717, 1.165) is 68.2 Å². The van der Waals surface area contributed by atoms with Crippen molar-refractivity contribution in [3.8, 4) is 5.75 Å². The fourth-order valence-electron chi connectivity index (χ4n) is 2.76. The Labute approximate surface area is 135 Å². The number of hydrogen-bond donors (Lipinski definition) is 2. The first-order chi connectivity index (χ1) is 11.3. The fraction of sp³-hybridized carbons (Fsp3) is 0.500. The molecule has 1 aromatic carbocycles. The van der Waals surface area contributed by atoms with Crippen molar-refractivity contribution in [1.82, 2.24) is 14.9 Å². The van der Waals surface area contributed by atoms with Gasteiger partial charge in [0.1, 0.15) is 17.9 Å². The van der Waals surface area contributed by atoms with Crippen LogP contribution in [-0.4, -0.2) is 61.4 Å². The van der Waals surface area contributed by atoms with Crippen LogP contribution in [0.2, 0.25) is 0 Å². The molecule has 7 nitrogen and oxygen atoms in total. The molecule has 1 fully saturated rings. The third-order valence-corrected chi connectivity index (χ3v) is 4.06. The highest BCUT2D eigenvalue weighted by Gasteiger charge is 2.11. The van der Waals surface area contributed by atoms with E-state index >= 15 is 0 Å². The number of rotatable bonds is 6. The number of ether oxygens (including phenoxy) is 2. The van der Waals surface area contributed by atoms with Crippen LogP contribution in [0.3, 0.4) is 0 Å². The first-order valence-electron chi connectivity index (χ1n) is 7.90. The maximum absolute atomic E-state index is 5.89. The largest absolute Gasteiger partial charge is 0.495 e. The normalized spacial score (nSPS) is 15.7. The van der Waals surface area contributed by atoms with Crippen LogP contribution in [0.4, 0.5) is 11.5 Å². The van der Waals surface area contributed by atoms with Gasteiger partial charge in [0.05, 0.1) is 31.5 Å². The summed E-state index contributed by atoms with van der Waals surface area (Å²) in [5.74, 6) is 1.22. The van der Waals surface area contributed by atoms with E-state index in [-0.39, 0.29) is 0 Å². The molecule has 2 heterocycles. The summed E-state index contributed by atoms with van der Waals surface area (Å²) in [4.78, 5) is 10.7. The Kier molecular flexibility index (Phi) is 5.09. The Hall–Kier alpha value is -2.12. The van der Waals surface area contributed by atoms with Crippen molar-refractivity contribution >= 4 is 22.4 Å². The molecule has 1 aliphatic heterocycles. The summed E-state index contributed by atoms with van der Waals surface area (Å²) in [6.45, 7) is 5.67. The van der Waals surface area contributed by atoms with Crippen LogP contribution in [0.1, 0.15) is 6.42 Å². The van der Waals surface area contributed by atoms with Crippen molar-refractivity contribution in [2.45, 2.75) is 6.42 Å². The molecule has 1 aliphatic rings.